The summed E-state index contributed by atoms with van der Waals surface area (Å²) in [5.41, 5.74) is 0. The van der Waals surface area contributed by atoms with Crippen molar-refractivity contribution >= 4 is 0 Å². The zero-order chi connectivity index (χ0) is 6.69. The van der Waals surface area contributed by atoms with Gasteiger partial charge in [-0.2, -0.15) is 0 Å². The third kappa shape index (κ3) is 1.98. The molecule has 9 heavy (non-hydrogen) atoms. The lowest BCUT2D eigenvalue weighted by Gasteiger charge is -2.25. The van der Waals surface area contributed by atoms with Gasteiger partial charge >= 0.3 is 0 Å². The smallest absolute Gasteiger partial charge is 0.0549 e. The summed E-state index contributed by atoms with van der Waals surface area (Å²) in [6.45, 7) is 5.42. The SMILES string of the molecule is CC[C@H]1CCO[C@H](C)C1. The minimum absolute atomic E-state index is 0.517. The van der Waals surface area contributed by atoms with E-state index >= 15 is 0 Å². The molecule has 1 nitrogen and oxygen atoms in total. The lowest BCUT2D eigenvalue weighted by atomic mass is 9.94. The molecule has 0 bridgehead atoms. The molecule has 2 atom stereocenters. The Morgan fingerprint density at radius 1 is 1.56 bits per heavy atom. The summed E-state index contributed by atoms with van der Waals surface area (Å²) in [6.07, 6.45) is 4.40. The average Bonchev–Trinajstić information content (AvgIpc) is 1.88. The first-order valence-electron chi connectivity index (χ1n) is 3.94. The molecular formula is C8H16O. The largest absolute Gasteiger partial charge is 0.378 e. The Kier molecular flexibility index (Phi) is 2.52. The molecule has 0 aromatic carbocycles. The van der Waals surface area contributed by atoms with Crippen molar-refractivity contribution in [1.29, 1.82) is 0 Å². The fourth-order valence-corrected chi connectivity index (χ4v) is 1.46. The summed E-state index contributed by atoms with van der Waals surface area (Å²) in [4.78, 5) is 0. The van der Waals surface area contributed by atoms with E-state index in [-0.39, 0.29) is 0 Å². The van der Waals surface area contributed by atoms with E-state index in [4.69, 9.17) is 4.74 Å². The van der Waals surface area contributed by atoms with Crippen LogP contribution in [0.25, 0.3) is 0 Å². The lowest BCUT2D eigenvalue weighted by molar-refractivity contribution is 0.00195. The van der Waals surface area contributed by atoms with E-state index in [0.717, 1.165) is 12.5 Å². The van der Waals surface area contributed by atoms with Crippen molar-refractivity contribution in [3.8, 4) is 0 Å². The van der Waals surface area contributed by atoms with Crippen LogP contribution in [0.2, 0.25) is 0 Å². The minimum atomic E-state index is 0.517. The van der Waals surface area contributed by atoms with Crippen LogP contribution in [0.5, 0.6) is 0 Å². The van der Waals surface area contributed by atoms with E-state index in [1.165, 1.54) is 19.3 Å². The van der Waals surface area contributed by atoms with E-state index in [2.05, 4.69) is 13.8 Å². The molecular weight excluding hydrogens is 112 g/mol. The molecule has 1 fully saturated rings. The number of ether oxygens (including phenoxy) is 1. The second-order valence-electron chi connectivity index (χ2n) is 2.98. The second-order valence-corrected chi connectivity index (χ2v) is 2.98. The van der Waals surface area contributed by atoms with Gasteiger partial charge in [0.2, 0.25) is 0 Å². The molecule has 0 aromatic heterocycles. The highest BCUT2D eigenvalue weighted by atomic mass is 16.5. The fraction of sp³-hybridized carbons (Fsp3) is 1.00. The Morgan fingerprint density at radius 3 is 2.78 bits per heavy atom. The van der Waals surface area contributed by atoms with Gasteiger partial charge in [0.05, 0.1) is 6.10 Å². The maximum atomic E-state index is 5.41. The van der Waals surface area contributed by atoms with E-state index in [1.54, 1.807) is 0 Å². The van der Waals surface area contributed by atoms with Crippen LogP contribution in [0, 0.1) is 5.92 Å². The van der Waals surface area contributed by atoms with Gasteiger partial charge in [-0.3, -0.25) is 0 Å². The molecule has 1 heteroatoms. The first-order valence-corrected chi connectivity index (χ1v) is 3.94. The lowest BCUT2D eigenvalue weighted by Crippen LogP contribution is -2.22. The van der Waals surface area contributed by atoms with Crippen LogP contribution in [-0.2, 0) is 4.74 Å². The van der Waals surface area contributed by atoms with Crippen molar-refractivity contribution in [1.82, 2.24) is 0 Å². The number of hydrogen-bond acceptors (Lipinski definition) is 1. The van der Waals surface area contributed by atoms with Crippen LogP contribution in [0.1, 0.15) is 33.1 Å². The molecule has 0 radical (unpaired) electrons. The highest BCUT2D eigenvalue weighted by Crippen LogP contribution is 2.21. The van der Waals surface area contributed by atoms with Crippen LogP contribution in [0.4, 0.5) is 0 Å². The van der Waals surface area contributed by atoms with Gasteiger partial charge in [-0.15, -0.1) is 0 Å². The third-order valence-electron chi connectivity index (χ3n) is 2.17. The predicted molar refractivity (Wildman–Crippen MR) is 38.4 cm³/mol. The molecule has 0 N–H and O–H groups in total. The average molecular weight is 128 g/mol. The molecule has 0 aromatic rings. The summed E-state index contributed by atoms with van der Waals surface area (Å²) in [6, 6.07) is 0. The summed E-state index contributed by atoms with van der Waals surface area (Å²) in [5, 5.41) is 0. The van der Waals surface area contributed by atoms with Crippen LogP contribution < -0.4 is 0 Å². The standard InChI is InChI=1S/C8H16O/c1-3-8-4-5-9-7(2)6-8/h7-8H,3-6H2,1-2H3/t7-,8+/m1/s1. The maximum absolute atomic E-state index is 5.41. The van der Waals surface area contributed by atoms with Gasteiger partial charge in [0.25, 0.3) is 0 Å². The molecule has 1 rings (SSSR count). The van der Waals surface area contributed by atoms with Crippen LogP contribution in [-0.4, -0.2) is 12.7 Å². The van der Waals surface area contributed by atoms with E-state index < -0.39 is 0 Å². The predicted octanol–water partition coefficient (Wildman–Crippen LogP) is 2.21. The third-order valence-corrected chi connectivity index (χ3v) is 2.17. The molecule has 54 valence electrons. The minimum Gasteiger partial charge on any atom is -0.378 e. The first kappa shape index (κ1) is 7.07. The van der Waals surface area contributed by atoms with Crippen LogP contribution >= 0.6 is 0 Å². The molecule has 1 saturated heterocycles. The van der Waals surface area contributed by atoms with Crippen molar-refractivity contribution in [3.63, 3.8) is 0 Å². The van der Waals surface area contributed by atoms with Gasteiger partial charge < -0.3 is 4.74 Å². The molecule has 0 aliphatic carbocycles. The summed E-state index contributed by atoms with van der Waals surface area (Å²) in [5.74, 6) is 0.939. The highest BCUT2D eigenvalue weighted by molar-refractivity contribution is 4.66. The van der Waals surface area contributed by atoms with Gasteiger partial charge in [0, 0.05) is 6.61 Å². The Labute approximate surface area is 57.4 Å². The van der Waals surface area contributed by atoms with Gasteiger partial charge in [-0.25, -0.2) is 0 Å². The van der Waals surface area contributed by atoms with Gasteiger partial charge in [0.15, 0.2) is 0 Å². The van der Waals surface area contributed by atoms with Gasteiger partial charge in [-0.05, 0) is 25.7 Å². The molecule has 0 spiro atoms. The topological polar surface area (TPSA) is 9.23 Å². The monoisotopic (exact) mass is 128 g/mol. The summed E-state index contributed by atoms with van der Waals surface area (Å²) in [7, 11) is 0. The first-order chi connectivity index (χ1) is 4.33. The molecule has 0 amide bonds. The van der Waals surface area contributed by atoms with Crippen molar-refractivity contribution in [3.05, 3.63) is 0 Å². The Morgan fingerprint density at radius 2 is 2.33 bits per heavy atom. The molecule has 1 heterocycles. The van der Waals surface area contributed by atoms with Gasteiger partial charge in [-0.1, -0.05) is 13.3 Å². The Hall–Kier alpha value is -0.0400. The van der Waals surface area contributed by atoms with Crippen LogP contribution in [0.15, 0.2) is 0 Å². The number of rotatable bonds is 1. The maximum Gasteiger partial charge on any atom is 0.0549 e. The summed E-state index contributed by atoms with van der Waals surface area (Å²) >= 11 is 0. The quantitative estimate of drug-likeness (QED) is 0.526. The molecule has 0 saturated carbocycles. The second kappa shape index (κ2) is 3.21. The zero-order valence-electron chi connectivity index (χ0n) is 6.39. The molecule has 0 unspecified atom stereocenters. The van der Waals surface area contributed by atoms with Crippen LogP contribution in [0.3, 0.4) is 0 Å². The highest BCUT2D eigenvalue weighted by Gasteiger charge is 2.16. The summed E-state index contributed by atoms with van der Waals surface area (Å²) < 4.78 is 5.41. The van der Waals surface area contributed by atoms with E-state index in [9.17, 15) is 0 Å². The zero-order valence-corrected chi connectivity index (χ0v) is 6.39. The number of hydrogen-bond donors (Lipinski definition) is 0. The van der Waals surface area contributed by atoms with Gasteiger partial charge in [0.1, 0.15) is 0 Å². The normalized spacial score (nSPS) is 36.7. The molecule has 1 aliphatic heterocycles. The van der Waals surface area contributed by atoms with Crippen molar-refractivity contribution < 1.29 is 4.74 Å². The van der Waals surface area contributed by atoms with Crippen molar-refractivity contribution in [2.75, 3.05) is 6.61 Å². The van der Waals surface area contributed by atoms with E-state index in [0.29, 0.717) is 6.10 Å². The fourth-order valence-electron chi connectivity index (χ4n) is 1.46. The van der Waals surface area contributed by atoms with Crippen molar-refractivity contribution in [2.45, 2.75) is 39.2 Å². The Balaban J connectivity index is 2.23. The molecule has 1 aliphatic rings. The van der Waals surface area contributed by atoms with Crippen molar-refractivity contribution in [2.24, 2.45) is 5.92 Å². The van der Waals surface area contributed by atoms with E-state index in [1.807, 2.05) is 0 Å². The Bertz CT molecular complexity index is 80.6.